The van der Waals surface area contributed by atoms with Gasteiger partial charge in [-0.15, -0.1) is 10.2 Å². The smallest absolute Gasteiger partial charge is 0.250 e. The molecular weight excluding hydrogens is 558 g/mol. The number of amides is 1. The van der Waals surface area contributed by atoms with E-state index in [0.29, 0.717) is 33.8 Å². The molecule has 0 saturated heterocycles. The van der Waals surface area contributed by atoms with Crippen LogP contribution in [-0.4, -0.2) is 54.0 Å². The zero-order valence-electron chi connectivity index (χ0n) is 20.3. The Morgan fingerprint density at radius 2 is 1.68 bits per heavy atom. The zero-order chi connectivity index (χ0) is 26.2. The highest BCUT2D eigenvalue weighted by Crippen LogP contribution is 2.37. The van der Waals surface area contributed by atoms with Crippen molar-refractivity contribution in [2.45, 2.75) is 5.16 Å². The van der Waals surface area contributed by atoms with Crippen molar-refractivity contribution in [2.24, 2.45) is 5.10 Å². The van der Waals surface area contributed by atoms with Crippen LogP contribution in [0.25, 0.3) is 17.1 Å². The minimum absolute atomic E-state index is 0.0933. The highest BCUT2D eigenvalue weighted by atomic mass is 79.9. The second-order valence-electron chi connectivity index (χ2n) is 7.52. The zero-order valence-corrected chi connectivity index (χ0v) is 22.7. The third-order valence-corrected chi connectivity index (χ3v) is 6.63. The number of thioether (sulfide) groups is 1. The molecule has 190 valence electrons. The van der Waals surface area contributed by atoms with Gasteiger partial charge in [-0.25, -0.2) is 5.43 Å². The van der Waals surface area contributed by atoms with E-state index in [1.54, 1.807) is 12.1 Å². The minimum atomic E-state index is -0.291. The van der Waals surface area contributed by atoms with Crippen molar-refractivity contribution in [3.8, 4) is 34.3 Å². The fourth-order valence-electron chi connectivity index (χ4n) is 3.48. The normalized spacial score (nSPS) is 10.9. The average Bonchev–Trinajstić information content (AvgIpc) is 3.36. The van der Waals surface area contributed by atoms with E-state index in [0.717, 1.165) is 15.7 Å². The second-order valence-corrected chi connectivity index (χ2v) is 9.38. The molecule has 0 fully saturated rings. The maximum Gasteiger partial charge on any atom is 0.250 e. The summed E-state index contributed by atoms with van der Waals surface area (Å²) >= 11 is 4.74. The number of aromatic nitrogens is 3. The highest BCUT2D eigenvalue weighted by molar-refractivity contribution is 9.10. The van der Waals surface area contributed by atoms with E-state index >= 15 is 0 Å². The molecule has 0 bridgehead atoms. The first-order valence-electron chi connectivity index (χ1n) is 11.1. The molecule has 0 radical (unpaired) electrons. The number of nitrogens with one attached hydrogen (secondary N) is 1. The maximum atomic E-state index is 12.5. The predicted molar refractivity (Wildman–Crippen MR) is 147 cm³/mol. The van der Waals surface area contributed by atoms with Gasteiger partial charge in [0, 0.05) is 21.3 Å². The Kier molecular flexibility index (Phi) is 8.81. The first kappa shape index (κ1) is 26.2. The van der Waals surface area contributed by atoms with Gasteiger partial charge in [-0.3, -0.25) is 9.36 Å². The van der Waals surface area contributed by atoms with Gasteiger partial charge >= 0.3 is 0 Å². The van der Waals surface area contributed by atoms with Crippen molar-refractivity contribution in [1.82, 2.24) is 20.2 Å². The molecule has 11 heteroatoms. The molecular formula is C26H24BrN5O4S. The lowest BCUT2D eigenvalue weighted by Crippen LogP contribution is -2.20. The van der Waals surface area contributed by atoms with Gasteiger partial charge in [0.05, 0.1) is 33.3 Å². The molecule has 9 nitrogen and oxygen atoms in total. The molecule has 0 aliphatic carbocycles. The van der Waals surface area contributed by atoms with Crippen molar-refractivity contribution in [3.63, 3.8) is 0 Å². The molecule has 3 aromatic carbocycles. The highest BCUT2D eigenvalue weighted by Gasteiger charge is 2.17. The number of benzene rings is 3. The molecule has 0 aliphatic heterocycles. The number of ether oxygens (including phenoxy) is 3. The van der Waals surface area contributed by atoms with Crippen LogP contribution in [0.15, 0.2) is 81.5 Å². The van der Waals surface area contributed by atoms with Crippen molar-refractivity contribution >= 4 is 39.8 Å². The Balaban J connectivity index is 1.48. The Morgan fingerprint density at radius 3 is 2.30 bits per heavy atom. The number of carbonyl (C=O) groups excluding carboxylic acids is 1. The number of hydrogen-bond donors (Lipinski definition) is 1. The van der Waals surface area contributed by atoms with Gasteiger partial charge in [0.25, 0.3) is 5.91 Å². The molecule has 0 spiro atoms. The van der Waals surface area contributed by atoms with Crippen LogP contribution in [0.5, 0.6) is 17.2 Å². The molecule has 37 heavy (non-hydrogen) atoms. The average molecular weight is 582 g/mol. The molecule has 4 aromatic rings. The number of nitrogens with zero attached hydrogens (tertiary/aromatic N) is 4. The summed E-state index contributed by atoms with van der Waals surface area (Å²) in [6, 6.07) is 21.1. The van der Waals surface area contributed by atoms with E-state index in [9.17, 15) is 4.79 Å². The summed E-state index contributed by atoms with van der Waals surface area (Å²) in [6.07, 6.45) is 1.50. The van der Waals surface area contributed by atoms with Gasteiger partial charge in [0.2, 0.25) is 5.75 Å². The largest absolute Gasteiger partial charge is 0.493 e. The number of carbonyl (C=O) groups is 1. The number of hydrogen-bond acceptors (Lipinski definition) is 8. The van der Waals surface area contributed by atoms with E-state index in [1.807, 2.05) is 59.2 Å². The number of methoxy groups -OCH3 is 3. The monoisotopic (exact) mass is 581 g/mol. The Morgan fingerprint density at radius 1 is 1.00 bits per heavy atom. The minimum Gasteiger partial charge on any atom is -0.493 e. The maximum absolute atomic E-state index is 12.5. The van der Waals surface area contributed by atoms with Crippen molar-refractivity contribution in [3.05, 3.63) is 76.8 Å². The van der Waals surface area contributed by atoms with Crippen LogP contribution in [-0.2, 0) is 4.79 Å². The molecule has 1 amide bonds. The molecule has 1 aromatic heterocycles. The van der Waals surface area contributed by atoms with Crippen molar-refractivity contribution in [1.29, 1.82) is 0 Å². The molecule has 0 aliphatic rings. The number of halogens is 1. The molecule has 4 rings (SSSR count). The van der Waals surface area contributed by atoms with E-state index in [1.165, 1.54) is 39.3 Å². The molecule has 0 saturated carbocycles. The van der Waals surface area contributed by atoms with Gasteiger partial charge in [-0.2, -0.15) is 5.10 Å². The summed E-state index contributed by atoms with van der Waals surface area (Å²) in [4.78, 5) is 12.5. The summed E-state index contributed by atoms with van der Waals surface area (Å²) in [5.41, 5.74) is 5.02. The van der Waals surface area contributed by atoms with Gasteiger partial charge in [0.15, 0.2) is 22.5 Å². The Hall–Kier alpha value is -3.83. The van der Waals surface area contributed by atoms with Crippen LogP contribution in [0.2, 0.25) is 0 Å². The summed E-state index contributed by atoms with van der Waals surface area (Å²) in [7, 11) is 4.60. The van der Waals surface area contributed by atoms with E-state index in [2.05, 4.69) is 36.7 Å². The fraction of sp³-hybridized carbons (Fsp3) is 0.154. The van der Waals surface area contributed by atoms with E-state index in [4.69, 9.17) is 14.2 Å². The Labute approximate surface area is 227 Å². The summed E-state index contributed by atoms with van der Waals surface area (Å²) in [5.74, 6) is 1.95. The van der Waals surface area contributed by atoms with E-state index in [-0.39, 0.29) is 11.7 Å². The summed E-state index contributed by atoms with van der Waals surface area (Å²) < 4.78 is 18.9. The molecule has 1 heterocycles. The number of hydrazone groups is 1. The summed E-state index contributed by atoms with van der Waals surface area (Å²) in [6.45, 7) is 0. The third kappa shape index (κ3) is 6.30. The van der Waals surface area contributed by atoms with Gasteiger partial charge in [0.1, 0.15) is 0 Å². The summed E-state index contributed by atoms with van der Waals surface area (Å²) in [5, 5.41) is 13.4. The molecule has 1 N–H and O–H groups in total. The van der Waals surface area contributed by atoms with Crippen LogP contribution in [0.3, 0.4) is 0 Å². The van der Waals surface area contributed by atoms with E-state index < -0.39 is 0 Å². The van der Waals surface area contributed by atoms with Crippen molar-refractivity contribution in [2.75, 3.05) is 27.1 Å². The lowest BCUT2D eigenvalue weighted by Gasteiger charge is -2.12. The van der Waals surface area contributed by atoms with Gasteiger partial charge < -0.3 is 14.2 Å². The van der Waals surface area contributed by atoms with Crippen LogP contribution >= 0.6 is 27.7 Å². The Bertz CT molecular complexity index is 1370. The SMILES string of the molecule is COc1cc(/C=N\NC(=O)CSc2nnc(-c3ccccc3)n2-c2ccc(Br)cc2)cc(OC)c1OC. The van der Waals surface area contributed by atoms with Gasteiger partial charge in [-0.1, -0.05) is 58.0 Å². The first-order valence-corrected chi connectivity index (χ1v) is 12.8. The van der Waals surface area contributed by atoms with Crippen LogP contribution < -0.4 is 19.6 Å². The predicted octanol–water partition coefficient (Wildman–Crippen LogP) is 4.97. The number of rotatable bonds is 10. The standard InChI is InChI=1S/C26H24BrN5O4S/c1-34-21-13-17(14-22(35-2)24(21)36-3)15-28-29-23(33)16-37-26-31-30-25(18-7-5-4-6-8-18)32(26)20-11-9-19(27)10-12-20/h4-15H,16H2,1-3H3,(H,29,33)/b28-15-. The topological polar surface area (TPSA) is 99.9 Å². The van der Waals surface area contributed by atoms with Gasteiger partial charge in [-0.05, 0) is 36.4 Å². The third-order valence-electron chi connectivity index (χ3n) is 5.17. The fourth-order valence-corrected chi connectivity index (χ4v) is 4.49. The lowest BCUT2D eigenvalue weighted by atomic mass is 10.2. The van der Waals surface area contributed by atoms with Crippen molar-refractivity contribution < 1.29 is 19.0 Å². The van der Waals surface area contributed by atoms with Crippen LogP contribution in [0.1, 0.15) is 5.56 Å². The molecule has 0 unspecified atom stereocenters. The lowest BCUT2D eigenvalue weighted by molar-refractivity contribution is -0.118. The first-order chi connectivity index (χ1) is 18.0. The van der Waals surface area contributed by atoms with Crippen LogP contribution in [0.4, 0.5) is 0 Å². The van der Waals surface area contributed by atoms with Crippen LogP contribution in [0, 0.1) is 0 Å². The quantitative estimate of drug-likeness (QED) is 0.160. The molecule has 0 atom stereocenters. The second kappa shape index (κ2) is 12.4.